The first-order valence-electron chi connectivity index (χ1n) is 7.27. The topological polar surface area (TPSA) is 47.6 Å². The number of hydrogen-bond donors (Lipinski definition) is 1. The van der Waals surface area contributed by atoms with Gasteiger partial charge in [-0.25, -0.2) is 4.39 Å². The highest BCUT2D eigenvalue weighted by molar-refractivity contribution is 6.02. The molecule has 0 unspecified atom stereocenters. The molecule has 0 spiro atoms. The van der Waals surface area contributed by atoms with Gasteiger partial charge in [0, 0.05) is 11.8 Å². The number of halogens is 1. The maximum Gasteiger partial charge on any atom is 0.248 e. The first kappa shape index (κ1) is 15.1. The molecule has 0 aliphatic carbocycles. The Morgan fingerprint density at radius 1 is 1.13 bits per heavy atom. The average Bonchev–Trinajstić information content (AvgIpc) is 2.55. The monoisotopic (exact) mass is 313 g/mol. The summed E-state index contributed by atoms with van der Waals surface area (Å²) in [7, 11) is 0. The van der Waals surface area contributed by atoms with E-state index in [1.165, 1.54) is 18.2 Å². The number of carbonyl (C=O) groups excluding carboxylic acids is 1. The highest BCUT2D eigenvalue weighted by Gasteiger charge is 2.10. The lowest BCUT2D eigenvalue weighted by Crippen LogP contribution is -2.15. The molecular formula is C18H16FNO3. The van der Waals surface area contributed by atoms with Gasteiger partial charge in [0.15, 0.2) is 11.5 Å². The first-order chi connectivity index (χ1) is 11.1. The van der Waals surface area contributed by atoms with E-state index < -0.39 is 0 Å². The van der Waals surface area contributed by atoms with Crippen molar-refractivity contribution in [3.63, 3.8) is 0 Å². The van der Waals surface area contributed by atoms with Crippen LogP contribution in [0.4, 0.5) is 10.1 Å². The zero-order valence-electron chi connectivity index (χ0n) is 12.6. The van der Waals surface area contributed by atoms with Crippen LogP contribution in [0.25, 0.3) is 6.08 Å². The Hall–Kier alpha value is -2.82. The van der Waals surface area contributed by atoms with Crippen molar-refractivity contribution in [2.45, 2.75) is 6.92 Å². The predicted octanol–water partition coefficient (Wildman–Crippen LogP) is 3.56. The van der Waals surface area contributed by atoms with Crippen molar-refractivity contribution >= 4 is 17.7 Å². The van der Waals surface area contributed by atoms with Crippen molar-refractivity contribution in [1.82, 2.24) is 0 Å². The van der Waals surface area contributed by atoms with Crippen LogP contribution >= 0.6 is 0 Å². The van der Waals surface area contributed by atoms with E-state index in [0.717, 1.165) is 5.56 Å². The maximum atomic E-state index is 13.0. The van der Waals surface area contributed by atoms with Crippen molar-refractivity contribution in [2.75, 3.05) is 18.5 Å². The molecule has 3 rings (SSSR count). The molecule has 1 aliphatic heterocycles. The fourth-order valence-corrected chi connectivity index (χ4v) is 2.28. The molecule has 0 bridgehead atoms. The third-order valence-electron chi connectivity index (χ3n) is 3.44. The molecule has 0 aromatic heterocycles. The van der Waals surface area contributed by atoms with Crippen LogP contribution < -0.4 is 14.8 Å². The van der Waals surface area contributed by atoms with Crippen LogP contribution in [0.1, 0.15) is 11.1 Å². The second-order valence-electron chi connectivity index (χ2n) is 5.18. The van der Waals surface area contributed by atoms with Crippen LogP contribution in [0.3, 0.4) is 0 Å². The minimum Gasteiger partial charge on any atom is -0.486 e. The average molecular weight is 313 g/mol. The molecule has 0 fully saturated rings. The number of hydrogen-bond acceptors (Lipinski definition) is 3. The van der Waals surface area contributed by atoms with E-state index >= 15 is 0 Å². The zero-order valence-corrected chi connectivity index (χ0v) is 12.6. The molecule has 0 radical (unpaired) electrons. The molecule has 2 aromatic carbocycles. The molecule has 1 N–H and O–H groups in total. The smallest absolute Gasteiger partial charge is 0.248 e. The molecule has 4 nitrogen and oxygen atoms in total. The van der Waals surface area contributed by atoms with Crippen LogP contribution in [-0.4, -0.2) is 19.1 Å². The summed E-state index contributed by atoms with van der Waals surface area (Å²) in [6.45, 7) is 2.80. The molecule has 23 heavy (non-hydrogen) atoms. The van der Waals surface area contributed by atoms with Gasteiger partial charge in [0.1, 0.15) is 19.0 Å². The number of fused-ring (bicyclic) bond motifs is 1. The van der Waals surface area contributed by atoms with Crippen LogP contribution in [0.5, 0.6) is 11.5 Å². The van der Waals surface area contributed by atoms with E-state index in [9.17, 15) is 9.18 Å². The molecule has 1 aliphatic rings. The van der Waals surface area contributed by atoms with Crippen molar-refractivity contribution in [1.29, 1.82) is 0 Å². The lowest BCUT2D eigenvalue weighted by molar-refractivity contribution is -0.111. The summed E-state index contributed by atoms with van der Waals surface area (Å²) >= 11 is 0. The normalized spacial score (nSPS) is 13.1. The van der Waals surface area contributed by atoms with E-state index in [1.807, 2.05) is 18.2 Å². The van der Waals surface area contributed by atoms with Crippen LogP contribution in [0.2, 0.25) is 0 Å². The minimum atomic E-state index is -0.327. The Labute approximate surface area is 133 Å². The van der Waals surface area contributed by atoms with Crippen molar-refractivity contribution in [3.05, 3.63) is 59.4 Å². The van der Waals surface area contributed by atoms with Gasteiger partial charge in [0.05, 0.1) is 0 Å². The Bertz CT molecular complexity index is 771. The quantitative estimate of drug-likeness (QED) is 0.882. The van der Waals surface area contributed by atoms with Gasteiger partial charge in [-0.2, -0.15) is 0 Å². The van der Waals surface area contributed by atoms with E-state index in [2.05, 4.69) is 5.32 Å². The third kappa shape index (κ3) is 3.69. The standard InChI is InChI=1S/C18H16FNO3/c1-12-10-14(19)4-5-15(12)20-18(21)7-3-13-2-6-16-17(11-13)23-9-8-22-16/h2-7,10-11H,8-9H2,1H3,(H,20,21)/b7-3+. The predicted molar refractivity (Wildman–Crippen MR) is 86.2 cm³/mol. The summed E-state index contributed by atoms with van der Waals surface area (Å²) < 4.78 is 24.0. The van der Waals surface area contributed by atoms with E-state index in [0.29, 0.717) is 36.0 Å². The molecule has 1 amide bonds. The van der Waals surface area contributed by atoms with Gasteiger partial charge in [-0.05, 0) is 54.5 Å². The number of amides is 1. The van der Waals surface area contributed by atoms with Gasteiger partial charge in [-0.3, -0.25) is 4.79 Å². The van der Waals surface area contributed by atoms with Crippen molar-refractivity contribution < 1.29 is 18.7 Å². The molecule has 1 heterocycles. The Balaban J connectivity index is 1.68. The highest BCUT2D eigenvalue weighted by Crippen LogP contribution is 2.31. The molecule has 2 aromatic rings. The molecule has 118 valence electrons. The van der Waals surface area contributed by atoms with Gasteiger partial charge in [0.2, 0.25) is 5.91 Å². The summed E-state index contributed by atoms with van der Waals surface area (Å²) in [5.74, 6) is 0.773. The highest BCUT2D eigenvalue weighted by atomic mass is 19.1. The SMILES string of the molecule is Cc1cc(F)ccc1NC(=O)/C=C/c1ccc2c(c1)OCCO2. The number of anilines is 1. The summed E-state index contributed by atoms with van der Waals surface area (Å²) in [5.41, 5.74) is 2.09. The summed E-state index contributed by atoms with van der Waals surface area (Å²) in [6, 6.07) is 9.71. The summed E-state index contributed by atoms with van der Waals surface area (Å²) in [5, 5.41) is 2.72. The number of rotatable bonds is 3. The van der Waals surface area contributed by atoms with Crippen LogP contribution in [-0.2, 0) is 4.79 Å². The third-order valence-corrected chi connectivity index (χ3v) is 3.44. The van der Waals surface area contributed by atoms with Crippen molar-refractivity contribution in [2.24, 2.45) is 0 Å². The molecule has 0 atom stereocenters. The van der Waals surface area contributed by atoms with E-state index in [-0.39, 0.29) is 11.7 Å². The number of aryl methyl sites for hydroxylation is 1. The van der Waals surface area contributed by atoms with Gasteiger partial charge < -0.3 is 14.8 Å². The first-order valence-corrected chi connectivity index (χ1v) is 7.27. The number of ether oxygens (including phenoxy) is 2. The maximum absolute atomic E-state index is 13.0. The fourth-order valence-electron chi connectivity index (χ4n) is 2.28. The molecule has 5 heteroatoms. The Morgan fingerprint density at radius 2 is 1.91 bits per heavy atom. The Kier molecular flexibility index (Phi) is 4.28. The van der Waals surface area contributed by atoms with E-state index in [4.69, 9.17) is 9.47 Å². The second-order valence-corrected chi connectivity index (χ2v) is 5.18. The minimum absolute atomic E-state index is 0.283. The van der Waals surface area contributed by atoms with Gasteiger partial charge >= 0.3 is 0 Å². The molecular weight excluding hydrogens is 297 g/mol. The largest absolute Gasteiger partial charge is 0.486 e. The summed E-state index contributed by atoms with van der Waals surface area (Å²) in [4.78, 5) is 12.0. The molecule has 0 saturated heterocycles. The fraction of sp³-hybridized carbons (Fsp3) is 0.167. The lowest BCUT2D eigenvalue weighted by Gasteiger charge is -2.18. The Morgan fingerprint density at radius 3 is 2.70 bits per heavy atom. The number of carbonyl (C=O) groups is 1. The number of nitrogens with one attached hydrogen (secondary N) is 1. The zero-order chi connectivity index (χ0) is 16.2. The lowest BCUT2D eigenvalue weighted by atomic mass is 10.1. The van der Waals surface area contributed by atoms with Crippen molar-refractivity contribution in [3.8, 4) is 11.5 Å². The van der Waals surface area contributed by atoms with Gasteiger partial charge in [-0.1, -0.05) is 6.07 Å². The van der Waals surface area contributed by atoms with E-state index in [1.54, 1.807) is 19.1 Å². The van der Waals surface area contributed by atoms with Crippen LogP contribution in [0.15, 0.2) is 42.5 Å². The number of benzene rings is 2. The molecule has 0 saturated carbocycles. The van der Waals surface area contributed by atoms with Crippen LogP contribution in [0, 0.1) is 12.7 Å². The van der Waals surface area contributed by atoms with Gasteiger partial charge in [0.25, 0.3) is 0 Å². The summed E-state index contributed by atoms with van der Waals surface area (Å²) in [6.07, 6.45) is 3.11. The van der Waals surface area contributed by atoms with Gasteiger partial charge in [-0.15, -0.1) is 0 Å². The second kappa shape index (κ2) is 6.52.